The highest BCUT2D eigenvalue weighted by atomic mass is 35.5. The van der Waals surface area contributed by atoms with Gasteiger partial charge >= 0.3 is 0 Å². The number of hydrogen-bond acceptors (Lipinski definition) is 2. The van der Waals surface area contributed by atoms with Gasteiger partial charge in [0, 0.05) is 5.02 Å². The third-order valence-electron chi connectivity index (χ3n) is 3.48. The molecule has 0 atom stereocenters. The van der Waals surface area contributed by atoms with Crippen molar-refractivity contribution in [3.63, 3.8) is 0 Å². The Hall–Kier alpha value is -2.72. The molecule has 0 fully saturated rings. The van der Waals surface area contributed by atoms with Crippen molar-refractivity contribution in [3.05, 3.63) is 80.0 Å². The van der Waals surface area contributed by atoms with E-state index < -0.39 is 0 Å². The van der Waals surface area contributed by atoms with Crippen molar-refractivity contribution < 1.29 is 4.74 Å². The van der Waals surface area contributed by atoms with Crippen LogP contribution in [0, 0.1) is 0 Å². The van der Waals surface area contributed by atoms with Crippen LogP contribution in [0.15, 0.2) is 53.3 Å². The number of benzene rings is 2. The Labute approximate surface area is 137 Å². The summed E-state index contributed by atoms with van der Waals surface area (Å²) in [5.74, 6) is 0.732. The SMILES string of the molecule is C=c1[nH]n(-c2cccc(Cl)c2)c(=O)c1=Cc1cccc(OC)c1. The summed E-state index contributed by atoms with van der Waals surface area (Å²) >= 11 is 5.99. The summed E-state index contributed by atoms with van der Waals surface area (Å²) in [6, 6.07) is 14.5. The van der Waals surface area contributed by atoms with Gasteiger partial charge < -0.3 is 4.74 Å². The largest absolute Gasteiger partial charge is 0.497 e. The van der Waals surface area contributed by atoms with Crippen molar-refractivity contribution in [2.75, 3.05) is 7.11 Å². The third-order valence-corrected chi connectivity index (χ3v) is 3.71. The van der Waals surface area contributed by atoms with Gasteiger partial charge in [0.05, 0.1) is 23.4 Å². The average Bonchev–Trinajstić information content (AvgIpc) is 2.83. The van der Waals surface area contributed by atoms with Crippen molar-refractivity contribution in [2.45, 2.75) is 0 Å². The second kappa shape index (κ2) is 6.18. The quantitative estimate of drug-likeness (QED) is 0.801. The van der Waals surface area contributed by atoms with Crippen LogP contribution >= 0.6 is 11.6 Å². The zero-order chi connectivity index (χ0) is 16.4. The van der Waals surface area contributed by atoms with Gasteiger partial charge in [-0.05, 0) is 42.0 Å². The van der Waals surface area contributed by atoms with Gasteiger partial charge in [-0.2, -0.15) is 0 Å². The molecule has 1 N–H and O–H groups in total. The minimum absolute atomic E-state index is 0.180. The Kier molecular flexibility index (Phi) is 4.08. The molecule has 0 amide bonds. The van der Waals surface area contributed by atoms with Crippen LogP contribution < -0.4 is 20.9 Å². The number of aromatic amines is 1. The first-order valence-corrected chi connectivity index (χ1v) is 7.38. The van der Waals surface area contributed by atoms with E-state index in [1.807, 2.05) is 24.3 Å². The van der Waals surface area contributed by atoms with Gasteiger partial charge in [-0.25, -0.2) is 4.68 Å². The highest BCUT2D eigenvalue weighted by Crippen LogP contribution is 2.13. The van der Waals surface area contributed by atoms with Crippen LogP contribution in [0.2, 0.25) is 5.02 Å². The van der Waals surface area contributed by atoms with Crippen molar-refractivity contribution in [2.24, 2.45) is 0 Å². The topological polar surface area (TPSA) is 47.0 Å². The van der Waals surface area contributed by atoms with Crippen molar-refractivity contribution in [3.8, 4) is 11.4 Å². The number of aromatic nitrogens is 2. The van der Waals surface area contributed by atoms with Crippen LogP contribution in [0.5, 0.6) is 5.75 Å². The van der Waals surface area contributed by atoms with Crippen molar-refractivity contribution in [1.29, 1.82) is 0 Å². The Morgan fingerprint density at radius 1 is 1.22 bits per heavy atom. The average molecular weight is 327 g/mol. The summed E-state index contributed by atoms with van der Waals surface area (Å²) in [5.41, 5.74) is 1.35. The standard InChI is InChI=1S/C18H15ClN2O2/c1-12-17(10-13-5-3-8-16(9-13)23-2)18(22)21(20-12)15-7-4-6-14(19)11-15/h3-11,20H,1H2,2H3. The van der Waals surface area contributed by atoms with E-state index in [9.17, 15) is 4.79 Å². The fraction of sp³-hybridized carbons (Fsp3) is 0.0556. The van der Waals surface area contributed by atoms with Crippen LogP contribution in [-0.2, 0) is 0 Å². The zero-order valence-corrected chi connectivity index (χ0v) is 13.3. The van der Waals surface area contributed by atoms with Gasteiger partial charge in [0.1, 0.15) is 5.75 Å². The molecule has 0 aliphatic rings. The summed E-state index contributed by atoms with van der Waals surface area (Å²) in [4.78, 5) is 12.6. The molecule has 0 aliphatic heterocycles. The molecule has 0 radical (unpaired) electrons. The number of rotatable bonds is 3. The Balaban J connectivity index is 2.17. The van der Waals surface area contributed by atoms with E-state index in [4.69, 9.17) is 16.3 Å². The summed E-state index contributed by atoms with van der Waals surface area (Å²) in [6.07, 6.45) is 1.78. The van der Waals surface area contributed by atoms with Gasteiger partial charge in [0.25, 0.3) is 5.56 Å². The molecule has 0 spiro atoms. The van der Waals surface area contributed by atoms with Gasteiger partial charge in [-0.15, -0.1) is 0 Å². The number of halogens is 1. The molecule has 0 unspecified atom stereocenters. The van der Waals surface area contributed by atoms with E-state index >= 15 is 0 Å². The molecule has 1 aromatic heterocycles. The second-order valence-corrected chi connectivity index (χ2v) is 5.48. The molecular formula is C18H15ClN2O2. The van der Waals surface area contributed by atoms with Crippen molar-refractivity contribution >= 4 is 24.3 Å². The normalized spacial score (nSPS) is 11.7. The molecule has 1 heterocycles. The lowest BCUT2D eigenvalue weighted by atomic mass is 10.2. The lowest BCUT2D eigenvalue weighted by Crippen LogP contribution is -2.33. The maximum Gasteiger partial charge on any atom is 0.279 e. The molecule has 0 saturated carbocycles. The monoisotopic (exact) mass is 326 g/mol. The lowest BCUT2D eigenvalue weighted by molar-refractivity contribution is 0.414. The van der Waals surface area contributed by atoms with E-state index in [2.05, 4.69) is 11.7 Å². The predicted octanol–water partition coefficient (Wildman–Crippen LogP) is 2.07. The molecule has 0 saturated heterocycles. The summed E-state index contributed by atoms with van der Waals surface area (Å²) in [6.45, 7) is 3.92. The molecule has 4 nitrogen and oxygen atoms in total. The second-order valence-electron chi connectivity index (χ2n) is 5.05. The fourth-order valence-electron chi connectivity index (χ4n) is 2.34. The predicted molar refractivity (Wildman–Crippen MR) is 92.7 cm³/mol. The minimum atomic E-state index is -0.180. The highest BCUT2D eigenvalue weighted by molar-refractivity contribution is 6.30. The maximum atomic E-state index is 12.6. The number of hydrogen-bond donors (Lipinski definition) is 1. The molecule has 23 heavy (non-hydrogen) atoms. The highest BCUT2D eigenvalue weighted by Gasteiger charge is 2.05. The molecule has 3 aromatic rings. The van der Waals surface area contributed by atoms with E-state index in [1.54, 1.807) is 37.5 Å². The summed E-state index contributed by atoms with van der Waals surface area (Å²) in [7, 11) is 1.61. The van der Waals surface area contributed by atoms with Crippen LogP contribution in [0.25, 0.3) is 18.3 Å². The van der Waals surface area contributed by atoms with Gasteiger partial charge in [0.2, 0.25) is 0 Å². The number of H-pyrrole nitrogens is 1. The zero-order valence-electron chi connectivity index (χ0n) is 12.5. The third kappa shape index (κ3) is 3.07. The Morgan fingerprint density at radius 3 is 2.74 bits per heavy atom. The first kappa shape index (κ1) is 15.2. The summed E-state index contributed by atoms with van der Waals surface area (Å²) < 4.78 is 6.63. The van der Waals surface area contributed by atoms with E-state index in [-0.39, 0.29) is 5.56 Å². The van der Waals surface area contributed by atoms with Crippen LogP contribution in [0.1, 0.15) is 5.56 Å². The first-order chi connectivity index (χ1) is 11.1. The van der Waals surface area contributed by atoms with Crippen LogP contribution in [-0.4, -0.2) is 16.9 Å². The first-order valence-electron chi connectivity index (χ1n) is 7.00. The molecule has 2 aromatic carbocycles. The van der Waals surface area contributed by atoms with E-state index in [0.29, 0.717) is 21.3 Å². The maximum absolute atomic E-state index is 12.6. The molecular weight excluding hydrogens is 312 g/mol. The molecule has 5 heteroatoms. The smallest absolute Gasteiger partial charge is 0.279 e. The lowest BCUT2D eigenvalue weighted by Gasteiger charge is -2.00. The van der Waals surface area contributed by atoms with Gasteiger partial charge in [0.15, 0.2) is 0 Å². The summed E-state index contributed by atoms with van der Waals surface area (Å²) in [5, 5.41) is 4.58. The number of methoxy groups -OCH3 is 1. The van der Waals surface area contributed by atoms with Crippen LogP contribution in [0.3, 0.4) is 0 Å². The minimum Gasteiger partial charge on any atom is -0.497 e. The molecule has 0 aliphatic carbocycles. The molecule has 3 rings (SSSR count). The van der Waals surface area contributed by atoms with E-state index in [0.717, 1.165) is 11.3 Å². The number of nitrogens with one attached hydrogen (secondary N) is 1. The fourth-order valence-corrected chi connectivity index (χ4v) is 2.52. The van der Waals surface area contributed by atoms with Gasteiger partial charge in [-0.1, -0.05) is 36.4 Å². The van der Waals surface area contributed by atoms with Crippen LogP contribution in [0.4, 0.5) is 0 Å². The number of nitrogens with zero attached hydrogens (tertiary/aromatic N) is 1. The van der Waals surface area contributed by atoms with Crippen molar-refractivity contribution in [1.82, 2.24) is 9.78 Å². The van der Waals surface area contributed by atoms with Gasteiger partial charge in [-0.3, -0.25) is 9.89 Å². The van der Waals surface area contributed by atoms with E-state index in [1.165, 1.54) is 4.68 Å². The Bertz CT molecular complexity index is 1020. The molecule has 116 valence electrons. The number of ether oxygens (including phenoxy) is 1. The Morgan fingerprint density at radius 2 is 2.00 bits per heavy atom. The molecule has 0 bridgehead atoms.